The lowest BCUT2D eigenvalue weighted by Crippen LogP contribution is -2.28. The molecule has 4 N–H and O–H groups in total. The second-order valence-electron chi connectivity index (χ2n) is 5.29. The number of benzene rings is 1. The Labute approximate surface area is 150 Å². The van der Waals surface area contributed by atoms with Crippen LogP contribution in [0.15, 0.2) is 30.2 Å². The van der Waals surface area contributed by atoms with Gasteiger partial charge < -0.3 is 15.7 Å². The van der Waals surface area contributed by atoms with Gasteiger partial charge in [-0.1, -0.05) is 0 Å². The van der Waals surface area contributed by atoms with Crippen molar-refractivity contribution in [3.63, 3.8) is 0 Å². The average Bonchev–Trinajstić information content (AvgIpc) is 2.91. The zero-order chi connectivity index (χ0) is 20.6. The summed E-state index contributed by atoms with van der Waals surface area (Å²) in [6.07, 6.45) is 2.45. The van der Waals surface area contributed by atoms with Crippen LogP contribution in [0.25, 0.3) is 11.1 Å². The number of halogens is 5. The molecule has 2 rings (SSSR count). The zero-order valence-corrected chi connectivity index (χ0v) is 14.4. The van der Waals surface area contributed by atoms with Crippen LogP contribution < -0.4 is 15.7 Å². The summed E-state index contributed by atoms with van der Waals surface area (Å²) >= 11 is 0. The standard InChI is InChI=1S/C14H13F5N4O3S/c1-7-10(6-23(22-7)5-8(21)4-20)9-2-3-11(13(16)12(9)15)26-27(24,25)14(17,18)19/h2-4,6H,5,20-21H2,1H3/b8-4-. The van der Waals surface area contributed by atoms with Crippen molar-refractivity contribution in [2.75, 3.05) is 0 Å². The van der Waals surface area contributed by atoms with Crippen LogP contribution in [-0.2, 0) is 16.7 Å². The molecule has 2 aromatic rings. The van der Waals surface area contributed by atoms with Gasteiger partial charge in [0.2, 0.25) is 5.82 Å². The lowest BCUT2D eigenvalue weighted by Gasteiger charge is -2.11. The fraction of sp³-hybridized carbons (Fsp3) is 0.214. The molecule has 0 spiro atoms. The zero-order valence-electron chi connectivity index (χ0n) is 13.6. The fourth-order valence-electron chi connectivity index (χ4n) is 2.07. The number of aryl methyl sites for hydroxylation is 1. The number of hydrogen-bond acceptors (Lipinski definition) is 6. The third-order valence-electron chi connectivity index (χ3n) is 3.33. The molecule has 1 heterocycles. The SMILES string of the molecule is Cc1nn(C/C(N)=C/N)cc1-c1ccc(OS(=O)(=O)C(F)(F)F)c(F)c1F. The van der Waals surface area contributed by atoms with Gasteiger partial charge in [0.15, 0.2) is 11.6 Å². The Hall–Kier alpha value is -2.83. The van der Waals surface area contributed by atoms with E-state index in [2.05, 4.69) is 9.28 Å². The minimum Gasteiger partial charge on any atom is -0.403 e. The third-order valence-corrected chi connectivity index (χ3v) is 4.29. The van der Waals surface area contributed by atoms with E-state index >= 15 is 0 Å². The first-order valence-electron chi connectivity index (χ1n) is 7.06. The molecular weight excluding hydrogens is 399 g/mol. The van der Waals surface area contributed by atoms with Gasteiger partial charge in [-0.3, -0.25) is 4.68 Å². The third kappa shape index (κ3) is 4.13. The highest BCUT2D eigenvalue weighted by Gasteiger charge is 2.49. The van der Waals surface area contributed by atoms with Crippen molar-refractivity contribution < 1.29 is 34.6 Å². The van der Waals surface area contributed by atoms with E-state index in [0.29, 0.717) is 6.07 Å². The van der Waals surface area contributed by atoms with Gasteiger partial charge in [-0.15, -0.1) is 0 Å². The number of nitrogens with two attached hydrogens (primary N) is 2. The van der Waals surface area contributed by atoms with Gasteiger partial charge in [-0.2, -0.15) is 31.1 Å². The van der Waals surface area contributed by atoms with Crippen molar-refractivity contribution in [1.29, 1.82) is 0 Å². The van der Waals surface area contributed by atoms with Crippen LogP contribution in [0, 0.1) is 18.6 Å². The lowest BCUT2D eigenvalue weighted by atomic mass is 10.1. The summed E-state index contributed by atoms with van der Waals surface area (Å²) in [4.78, 5) is 0. The van der Waals surface area contributed by atoms with Crippen LogP contribution in [0.4, 0.5) is 22.0 Å². The number of allylic oxidation sites excluding steroid dienone is 1. The van der Waals surface area contributed by atoms with E-state index in [4.69, 9.17) is 11.5 Å². The van der Waals surface area contributed by atoms with Gasteiger partial charge in [-0.25, -0.2) is 4.39 Å². The first kappa shape index (κ1) is 20.5. The van der Waals surface area contributed by atoms with Crippen molar-refractivity contribution in [2.24, 2.45) is 11.5 Å². The Morgan fingerprint density at radius 1 is 1.26 bits per heavy atom. The van der Waals surface area contributed by atoms with Crippen LogP contribution in [0.5, 0.6) is 5.75 Å². The Balaban J connectivity index is 2.44. The molecule has 0 amide bonds. The quantitative estimate of drug-likeness (QED) is 0.442. The van der Waals surface area contributed by atoms with E-state index in [1.165, 1.54) is 17.8 Å². The fourth-order valence-corrected chi connectivity index (χ4v) is 2.53. The van der Waals surface area contributed by atoms with Crippen LogP contribution in [0.1, 0.15) is 5.69 Å². The van der Waals surface area contributed by atoms with Gasteiger partial charge in [0.05, 0.1) is 12.2 Å². The summed E-state index contributed by atoms with van der Waals surface area (Å²) in [7, 11) is -6.14. The maximum Gasteiger partial charge on any atom is 0.534 e. The van der Waals surface area contributed by atoms with Gasteiger partial charge in [0.1, 0.15) is 0 Å². The summed E-state index contributed by atoms with van der Waals surface area (Å²) in [5, 5.41) is 4.04. The summed E-state index contributed by atoms with van der Waals surface area (Å²) in [6, 6.07) is 1.44. The summed E-state index contributed by atoms with van der Waals surface area (Å²) in [6.45, 7) is 1.54. The molecule has 148 valence electrons. The van der Waals surface area contributed by atoms with E-state index < -0.39 is 33.0 Å². The second-order valence-corrected chi connectivity index (χ2v) is 6.83. The predicted octanol–water partition coefficient (Wildman–Crippen LogP) is 2.12. The van der Waals surface area contributed by atoms with E-state index in [1.54, 1.807) is 0 Å². The maximum absolute atomic E-state index is 14.3. The Bertz CT molecular complexity index is 999. The van der Waals surface area contributed by atoms with E-state index in [1.807, 2.05) is 0 Å². The molecule has 0 aliphatic rings. The molecule has 7 nitrogen and oxygen atoms in total. The van der Waals surface area contributed by atoms with Gasteiger partial charge in [0.25, 0.3) is 0 Å². The molecular formula is C14H13F5N4O3S. The highest BCUT2D eigenvalue weighted by atomic mass is 32.2. The van der Waals surface area contributed by atoms with Gasteiger partial charge in [-0.05, 0) is 19.1 Å². The Morgan fingerprint density at radius 3 is 2.44 bits per heavy atom. The number of aromatic nitrogens is 2. The molecule has 0 aliphatic heterocycles. The van der Waals surface area contributed by atoms with Gasteiger partial charge >= 0.3 is 15.6 Å². The van der Waals surface area contributed by atoms with Crippen molar-refractivity contribution in [1.82, 2.24) is 9.78 Å². The predicted molar refractivity (Wildman–Crippen MR) is 84.4 cm³/mol. The monoisotopic (exact) mass is 412 g/mol. The molecule has 1 aromatic carbocycles. The van der Waals surface area contributed by atoms with Crippen LogP contribution in [0.3, 0.4) is 0 Å². The summed E-state index contributed by atoms with van der Waals surface area (Å²) in [5.41, 5.74) is 5.25. The van der Waals surface area contributed by atoms with Crippen molar-refractivity contribution in [3.05, 3.63) is 47.6 Å². The molecule has 0 aliphatic carbocycles. The van der Waals surface area contributed by atoms with E-state index in [0.717, 1.165) is 12.3 Å². The number of alkyl halides is 3. The maximum atomic E-state index is 14.3. The molecule has 0 saturated carbocycles. The molecule has 1 aromatic heterocycles. The molecule has 0 atom stereocenters. The summed E-state index contributed by atoms with van der Waals surface area (Å²) < 4.78 is 92.2. The Morgan fingerprint density at radius 2 is 1.89 bits per heavy atom. The smallest absolute Gasteiger partial charge is 0.403 e. The van der Waals surface area contributed by atoms with Crippen LogP contribution >= 0.6 is 0 Å². The van der Waals surface area contributed by atoms with E-state index in [-0.39, 0.29) is 29.1 Å². The first-order valence-corrected chi connectivity index (χ1v) is 8.47. The second kappa shape index (κ2) is 7.06. The van der Waals surface area contributed by atoms with E-state index in [9.17, 15) is 30.4 Å². The number of rotatable bonds is 5. The molecule has 13 heteroatoms. The van der Waals surface area contributed by atoms with Crippen LogP contribution in [0.2, 0.25) is 0 Å². The Kier molecular flexibility index (Phi) is 5.35. The van der Waals surface area contributed by atoms with Crippen molar-refractivity contribution >= 4 is 10.1 Å². The van der Waals surface area contributed by atoms with Crippen molar-refractivity contribution in [2.45, 2.75) is 19.0 Å². The molecule has 0 bridgehead atoms. The van der Waals surface area contributed by atoms with Crippen LogP contribution in [-0.4, -0.2) is 23.7 Å². The average molecular weight is 412 g/mol. The minimum absolute atomic E-state index is 0.0620. The molecule has 0 fully saturated rings. The minimum atomic E-state index is -6.14. The summed E-state index contributed by atoms with van der Waals surface area (Å²) in [5.74, 6) is -4.92. The number of nitrogens with zero attached hydrogens (tertiary/aromatic N) is 2. The normalized spacial score (nSPS) is 13.0. The van der Waals surface area contributed by atoms with Gasteiger partial charge in [0, 0.05) is 29.2 Å². The molecule has 0 saturated heterocycles. The highest BCUT2D eigenvalue weighted by molar-refractivity contribution is 7.88. The first-order chi connectivity index (χ1) is 12.4. The molecule has 0 radical (unpaired) electrons. The molecule has 0 unspecified atom stereocenters. The molecule has 27 heavy (non-hydrogen) atoms. The lowest BCUT2D eigenvalue weighted by molar-refractivity contribution is -0.0501. The highest BCUT2D eigenvalue weighted by Crippen LogP contribution is 2.34. The number of hydrogen-bond donors (Lipinski definition) is 2. The van der Waals surface area contributed by atoms with Crippen molar-refractivity contribution in [3.8, 4) is 16.9 Å². The topological polar surface area (TPSA) is 113 Å². The largest absolute Gasteiger partial charge is 0.534 e.